The summed E-state index contributed by atoms with van der Waals surface area (Å²) in [4.78, 5) is 29.3. The number of hydrogen-bond donors (Lipinski definition) is 1. The lowest BCUT2D eigenvalue weighted by molar-refractivity contribution is -0.148. The van der Waals surface area contributed by atoms with Crippen molar-refractivity contribution in [1.82, 2.24) is 4.98 Å². The van der Waals surface area contributed by atoms with Crippen molar-refractivity contribution < 1.29 is 24.2 Å². The number of hydrogen-bond acceptors (Lipinski definition) is 7. The summed E-state index contributed by atoms with van der Waals surface area (Å²) in [5.74, 6) is -0.546. The lowest BCUT2D eigenvalue weighted by atomic mass is 9.94. The minimum atomic E-state index is -0.595. The number of ketones is 1. The van der Waals surface area contributed by atoms with E-state index in [2.05, 4.69) is 4.98 Å². The molecule has 2 saturated heterocycles. The number of nitrogens with zero attached hydrogens (tertiary/aromatic N) is 1. The minimum absolute atomic E-state index is 0.0134. The van der Waals surface area contributed by atoms with Crippen LogP contribution >= 0.6 is 11.3 Å². The number of aliphatic hydroxyl groups excluding tert-OH is 1. The van der Waals surface area contributed by atoms with Gasteiger partial charge >= 0.3 is 5.97 Å². The van der Waals surface area contributed by atoms with Crippen LogP contribution in [-0.2, 0) is 19.1 Å². The molecule has 5 atom stereocenters. The molecule has 0 spiro atoms. The Labute approximate surface area is 182 Å². The number of thiazole rings is 1. The highest BCUT2D eigenvalue weighted by Gasteiger charge is 2.40. The van der Waals surface area contributed by atoms with E-state index < -0.39 is 6.10 Å². The Morgan fingerprint density at radius 2 is 2.00 bits per heavy atom. The first kappa shape index (κ1) is 23.1. The number of epoxide rings is 1. The Hall–Kier alpha value is -1.57. The fourth-order valence-electron chi connectivity index (χ4n) is 3.92. The quantitative estimate of drug-likeness (QED) is 0.552. The monoisotopic (exact) mass is 435 g/mol. The van der Waals surface area contributed by atoms with Crippen molar-refractivity contribution in [1.29, 1.82) is 0 Å². The highest BCUT2D eigenvalue weighted by atomic mass is 32.1. The number of aliphatic hydroxyl groups is 1. The van der Waals surface area contributed by atoms with Crippen LogP contribution < -0.4 is 0 Å². The highest BCUT2D eigenvalue weighted by molar-refractivity contribution is 7.09. The van der Waals surface area contributed by atoms with Crippen LogP contribution in [0, 0.1) is 12.8 Å². The van der Waals surface area contributed by atoms with Crippen molar-refractivity contribution in [3.05, 3.63) is 21.7 Å². The third-order valence-electron chi connectivity index (χ3n) is 5.97. The van der Waals surface area contributed by atoms with E-state index in [1.165, 1.54) is 0 Å². The van der Waals surface area contributed by atoms with Crippen molar-refractivity contribution in [2.24, 2.45) is 5.92 Å². The normalized spacial score (nSPS) is 32.4. The molecule has 1 N–H and O–H groups in total. The average Bonchev–Trinajstić information content (AvgIpc) is 3.30. The van der Waals surface area contributed by atoms with E-state index in [1.54, 1.807) is 11.3 Å². The molecule has 0 aliphatic carbocycles. The van der Waals surface area contributed by atoms with Crippen LogP contribution in [0.2, 0.25) is 0 Å². The van der Waals surface area contributed by atoms with E-state index in [0.29, 0.717) is 19.3 Å². The zero-order valence-corrected chi connectivity index (χ0v) is 19.0. The maximum Gasteiger partial charge on any atom is 0.306 e. The molecule has 0 bridgehead atoms. The summed E-state index contributed by atoms with van der Waals surface area (Å²) < 4.78 is 11.6. The number of carbonyl (C=O) groups is 2. The molecule has 3 rings (SSSR count). The zero-order chi connectivity index (χ0) is 21.7. The maximum absolute atomic E-state index is 12.5. The van der Waals surface area contributed by atoms with E-state index in [1.807, 2.05) is 32.2 Å². The maximum atomic E-state index is 12.5. The summed E-state index contributed by atoms with van der Waals surface area (Å²) in [5, 5.41) is 13.1. The van der Waals surface area contributed by atoms with Gasteiger partial charge in [0.2, 0.25) is 0 Å². The molecule has 2 aliphatic heterocycles. The zero-order valence-electron chi connectivity index (χ0n) is 18.1. The van der Waals surface area contributed by atoms with E-state index in [4.69, 9.17) is 9.47 Å². The van der Waals surface area contributed by atoms with Crippen LogP contribution in [0.4, 0.5) is 0 Å². The number of esters is 1. The average molecular weight is 436 g/mol. The fraction of sp³-hybridized carbons (Fsp3) is 0.696. The Balaban J connectivity index is 1.68. The van der Waals surface area contributed by atoms with E-state index in [-0.39, 0.29) is 48.8 Å². The van der Waals surface area contributed by atoms with Crippen LogP contribution in [0.1, 0.15) is 75.9 Å². The van der Waals surface area contributed by atoms with Gasteiger partial charge in [0.1, 0.15) is 11.9 Å². The summed E-state index contributed by atoms with van der Waals surface area (Å²) in [6.45, 7) is 5.75. The summed E-state index contributed by atoms with van der Waals surface area (Å²) in [6, 6.07) is 0. The second-order valence-electron chi connectivity index (χ2n) is 8.66. The molecule has 3 heterocycles. The molecular weight excluding hydrogens is 402 g/mol. The smallest absolute Gasteiger partial charge is 0.306 e. The fourth-order valence-corrected chi connectivity index (χ4v) is 4.50. The van der Waals surface area contributed by atoms with Crippen molar-refractivity contribution in [3.63, 3.8) is 0 Å². The predicted molar refractivity (Wildman–Crippen MR) is 116 cm³/mol. The number of Topliss-reactive ketones (excluding diaryl/α,β-unsaturated/α-hetero) is 1. The van der Waals surface area contributed by atoms with Crippen LogP contribution in [0.15, 0.2) is 11.0 Å². The van der Waals surface area contributed by atoms with Gasteiger partial charge in [-0.1, -0.05) is 19.8 Å². The van der Waals surface area contributed by atoms with E-state index in [0.717, 1.165) is 35.5 Å². The number of ether oxygens (including phenoxy) is 2. The molecule has 0 amide bonds. The number of aryl methyl sites for hydroxylation is 1. The van der Waals surface area contributed by atoms with E-state index >= 15 is 0 Å². The van der Waals surface area contributed by atoms with Crippen molar-refractivity contribution in [3.8, 4) is 0 Å². The van der Waals surface area contributed by atoms with Crippen LogP contribution in [0.25, 0.3) is 6.08 Å². The number of fused-ring (bicyclic) bond motifs is 1. The largest absolute Gasteiger partial charge is 0.458 e. The van der Waals surface area contributed by atoms with Gasteiger partial charge in [-0.3, -0.25) is 9.59 Å². The predicted octanol–water partition coefficient (Wildman–Crippen LogP) is 4.23. The molecule has 7 heteroatoms. The number of carbonyl (C=O) groups excluding carboxylic acids is 2. The summed E-state index contributed by atoms with van der Waals surface area (Å²) in [7, 11) is 0. The molecule has 2 unspecified atom stereocenters. The van der Waals surface area contributed by atoms with Gasteiger partial charge in [0.15, 0.2) is 0 Å². The second kappa shape index (κ2) is 10.6. The standard InChI is InChI=1S/C23H33NO5S/c1-14-8-9-23(27)29-21(15(2)10-17-13-30-16(3)24-17)12-22-20(28-22)7-5-4-6-18(25)11-19(14)26/h10,13-14,18,20-22,25H,4-9,11-12H2,1-3H3/b15-10+/t14-,18-,20+,21?,22?/m0/s1. The third kappa shape index (κ3) is 7.00. The van der Waals surface area contributed by atoms with E-state index in [9.17, 15) is 14.7 Å². The number of cyclic esters (lactones) is 1. The molecule has 2 fully saturated rings. The lowest BCUT2D eigenvalue weighted by Crippen LogP contribution is -2.24. The molecule has 0 radical (unpaired) electrons. The van der Waals surface area contributed by atoms with Gasteiger partial charge in [-0.2, -0.15) is 0 Å². The van der Waals surface area contributed by atoms with Gasteiger partial charge in [0, 0.05) is 30.6 Å². The first-order valence-electron chi connectivity index (χ1n) is 11.0. The first-order chi connectivity index (χ1) is 14.3. The Bertz CT molecular complexity index is 773. The van der Waals surface area contributed by atoms with Gasteiger partial charge in [0.05, 0.1) is 29.0 Å². The number of aromatic nitrogens is 1. The summed E-state index contributed by atoms with van der Waals surface area (Å²) >= 11 is 1.59. The van der Waals surface area contributed by atoms with Gasteiger partial charge in [-0.15, -0.1) is 11.3 Å². The van der Waals surface area contributed by atoms with Crippen molar-refractivity contribution >= 4 is 29.2 Å². The van der Waals surface area contributed by atoms with Gasteiger partial charge in [-0.25, -0.2) is 4.98 Å². The topological polar surface area (TPSA) is 89.0 Å². The highest BCUT2D eigenvalue weighted by Crippen LogP contribution is 2.34. The molecule has 1 aromatic heterocycles. The van der Waals surface area contributed by atoms with Gasteiger partial charge < -0.3 is 14.6 Å². The SMILES string of the molecule is C/C(=C\c1csc(C)n1)C1CC2O[C@@H]2CCCC[C@H](O)CC(=O)[C@@H](C)CCC(=O)O1. The summed E-state index contributed by atoms with van der Waals surface area (Å²) in [6.07, 6.45) is 6.15. The van der Waals surface area contributed by atoms with Crippen molar-refractivity contribution in [2.45, 2.75) is 96.6 Å². The molecule has 0 aromatic carbocycles. The molecule has 2 aliphatic rings. The molecule has 6 nitrogen and oxygen atoms in total. The molecular formula is C23H33NO5S. The Morgan fingerprint density at radius 1 is 1.23 bits per heavy atom. The molecule has 1 aromatic rings. The first-order valence-corrected chi connectivity index (χ1v) is 11.9. The van der Waals surface area contributed by atoms with Gasteiger partial charge in [-0.05, 0) is 44.8 Å². The van der Waals surface area contributed by atoms with Crippen LogP contribution in [0.5, 0.6) is 0 Å². The molecule has 166 valence electrons. The van der Waals surface area contributed by atoms with Crippen molar-refractivity contribution in [2.75, 3.05) is 0 Å². The molecule has 30 heavy (non-hydrogen) atoms. The van der Waals surface area contributed by atoms with Crippen LogP contribution in [0.3, 0.4) is 0 Å². The third-order valence-corrected chi connectivity index (χ3v) is 6.76. The summed E-state index contributed by atoms with van der Waals surface area (Å²) in [5.41, 5.74) is 1.83. The van der Waals surface area contributed by atoms with Gasteiger partial charge in [0.25, 0.3) is 0 Å². The Kier molecular flexibility index (Phi) is 8.20. The van der Waals surface area contributed by atoms with Crippen LogP contribution in [-0.4, -0.2) is 46.3 Å². The molecule has 0 saturated carbocycles. The number of rotatable bonds is 2. The Morgan fingerprint density at radius 3 is 2.73 bits per heavy atom. The minimum Gasteiger partial charge on any atom is -0.458 e. The second-order valence-corrected chi connectivity index (χ2v) is 9.72. The lowest BCUT2D eigenvalue weighted by Gasteiger charge is -2.19.